The first kappa shape index (κ1) is 18.4. The molecule has 0 aromatic heterocycles. The first-order valence-corrected chi connectivity index (χ1v) is 8.99. The number of hydrogen-bond acceptors (Lipinski definition) is 4. The second-order valence-electron chi connectivity index (χ2n) is 6.67. The number of carboxylic acids is 1. The van der Waals surface area contributed by atoms with Gasteiger partial charge < -0.3 is 19.9 Å². The van der Waals surface area contributed by atoms with Gasteiger partial charge in [-0.05, 0) is 49.1 Å². The van der Waals surface area contributed by atoms with E-state index in [0.29, 0.717) is 25.3 Å². The SMILES string of the molecule is Cc1ccc(CNCc2cccc(C(=O)O)c2)c(OCC2CCCO2)c1. The van der Waals surface area contributed by atoms with E-state index in [4.69, 9.17) is 14.6 Å². The summed E-state index contributed by atoms with van der Waals surface area (Å²) in [6, 6.07) is 13.2. The minimum absolute atomic E-state index is 0.190. The van der Waals surface area contributed by atoms with Crippen LogP contribution >= 0.6 is 0 Å². The Labute approximate surface area is 153 Å². The molecule has 1 aliphatic heterocycles. The lowest BCUT2D eigenvalue weighted by molar-refractivity contribution is 0.0675. The average molecular weight is 355 g/mol. The highest BCUT2D eigenvalue weighted by molar-refractivity contribution is 5.87. The number of benzene rings is 2. The van der Waals surface area contributed by atoms with Crippen molar-refractivity contribution in [3.05, 3.63) is 64.7 Å². The standard InChI is InChI=1S/C21H25NO4/c1-15-7-8-18(20(10-15)26-14-19-6-3-9-25-19)13-22-12-16-4-2-5-17(11-16)21(23)24/h2,4-5,7-8,10-11,19,22H,3,6,9,12-14H2,1H3,(H,23,24). The molecule has 2 aromatic rings. The molecule has 138 valence electrons. The van der Waals surface area contributed by atoms with E-state index >= 15 is 0 Å². The summed E-state index contributed by atoms with van der Waals surface area (Å²) in [5.74, 6) is -0.0255. The van der Waals surface area contributed by atoms with Crippen LogP contribution in [-0.4, -0.2) is 30.4 Å². The van der Waals surface area contributed by atoms with Crippen LogP contribution in [0.15, 0.2) is 42.5 Å². The molecule has 1 unspecified atom stereocenters. The molecule has 0 saturated carbocycles. The van der Waals surface area contributed by atoms with Gasteiger partial charge in [-0.1, -0.05) is 24.3 Å². The number of nitrogens with one attached hydrogen (secondary N) is 1. The third-order valence-corrected chi connectivity index (χ3v) is 4.49. The van der Waals surface area contributed by atoms with Crippen molar-refractivity contribution in [2.24, 2.45) is 0 Å². The van der Waals surface area contributed by atoms with Crippen molar-refractivity contribution in [2.45, 2.75) is 39.0 Å². The maximum Gasteiger partial charge on any atom is 0.335 e. The normalized spacial score (nSPS) is 16.6. The Morgan fingerprint density at radius 2 is 2.15 bits per heavy atom. The molecule has 0 bridgehead atoms. The van der Waals surface area contributed by atoms with Gasteiger partial charge in [0.15, 0.2) is 0 Å². The molecule has 0 spiro atoms. The minimum atomic E-state index is -0.907. The van der Waals surface area contributed by atoms with Crippen molar-refractivity contribution in [2.75, 3.05) is 13.2 Å². The molecule has 0 aliphatic carbocycles. The number of rotatable bonds is 8. The van der Waals surface area contributed by atoms with E-state index in [-0.39, 0.29) is 6.10 Å². The van der Waals surface area contributed by atoms with Crippen molar-refractivity contribution in [1.29, 1.82) is 0 Å². The highest BCUT2D eigenvalue weighted by Gasteiger charge is 2.16. The number of carboxylic acid groups (broad SMARTS) is 1. The van der Waals surface area contributed by atoms with Gasteiger partial charge in [0.2, 0.25) is 0 Å². The fourth-order valence-electron chi connectivity index (χ4n) is 3.06. The van der Waals surface area contributed by atoms with Gasteiger partial charge in [-0.25, -0.2) is 4.79 Å². The lowest BCUT2D eigenvalue weighted by Crippen LogP contribution is -2.18. The van der Waals surface area contributed by atoms with Crippen molar-refractivity contribution in [3.8, 4) is 5.75 Å². The van der Waals surface area contributed by atoms with E-state index in [1.54, 1.807) is 18.2 Å². The van der Waals surface area contributed by atoms with E-state index in [1.165, 1.54) is 0 Å². The van der Waals surface area contributed by atoms with Crippen LogP contribution in [0.3, 0.4) is 0 Å². The van der Waals surface area contributed by atoms with Crippen LogP contribution in [0, 0.1) is 6.92 Å². The van der Waals surface area contributed by atoms with Gasteiger partial charge >= 0.3 is 5.97 Å². The molecule has 2 aromatic carbocycles. The van der Waals surface area contributed by atoms with E-state index < -0.39 is 5.97 Å². The Hall–Kier alpha value is -2.37. The molecule has 5 heteroatoms. The highest BCUT2D eigenvalue weighted by atomic mass is 16.5. The molecule has 5 nitrogen and oxygen atoms in total. The molecule has 26 heavy (non-hydrogen) atoms. The third-order valence-electron chi connectivity index (χ3n) is 4.49. The van der Waals surface area contributed by atoms with Crippen LogP contribution in [0.2, 0.25) is 0 Å². The zero-order valence-electron chi connectivity index (χ0n) is 15.0. The summed E-state index contributed by atoms with van der Waals surface area (Å²) in [5.41, 5.74) is 3.49. The number of aromatic carboxylic acids is 1. The fourth-order valence-corrected chi connectivity index (χ4v) is 3.06. The van der Waals surface area contributed by atoms with Gasteiger partial charge in [0, 0.05) is 25.3 Å². The molecule has 0 amide bonds. The van der Waals surface area contributed by atoms with Crippen LogP contribution in [0.25, 0.3) is 0 Å². The molecule has 1 fully saturated rings. The van der Waals surface area contributed by atoms with E-state index in [9.17, 15) is 4.79 Å². The Balaban J connectivity index is 1.58. The topological polar surface area (TPSA) is 67.8 Å². The van der Waals surface area contributed by atoms with Gasteiger partial charge in [0.25, 0.3) is 0 Å². The summed E-state index contributed by atoms with van der Waals surface area (Å²) < 4.78 is 11.6. The summed E-state index contributed by atoms with van der Waals surface area (Å²) in [6.45, 7) is 4.70. The lowest BCUT2D eigenvalue weighted by atomic mass is 10.1. The quantitative estimate of drug-likeness (QED) is 0.758. The highest BCUT2D eigenvalue weighted by Crippen LogP contribution is 2.22. The fraction of sp³-hybridized carbons (Fsp3) is 0.381. The average Bonchev–Trinajstić information content (AvgIpc) is 3.15. The number of ether oxygens (including phenoxy) is 2. The first-order chi connectivity index (χ1) is 12.6. The van der Waals surface area contributed by atoms with Crippen LogP contribution < -0.4 is 10.1 Å². The first-order valence-electron chi connectivity index (χ1n) is 8.99. The van der Waals surface area contributed by atoms with Gasteiger partial charge in [0.1, 0.15) is 12.4 Å². The molecule has 2 N–H and O–H groups in total. The third kappa shape index (κ3) is 5.07. The maximum absolute atomic E-state index is 11.1. The van der Waals surface area contributed by atoms with Crippen LogP contribution in [0.5, 0.6) is 5.75 Å². The Morgan fingerprint density at radius 1 is 1.27 bits per heavy atom. The Kier molecular flexibility index (Phi) is 6.26. The van der Waals surface area contributed by atoms with Crippen LogP contribution in [-0.2, 0) is 17.8 Å². The monoisotopic (exact) mass is 355 g/mol. The second-order valence-corrected chi connectivity index (χ2v) is 6.67. The molecule has 1 aliphatic rings. The van der Waals surface area contributed by atoms with Gasteiger partial charge in [-0.2, -0.15) is 0 Å². The predicted octanol–water partition coefficient (Wildman–Crippen LogP) is 3.54. The molecule has 1 saturated heterocycles. The summed E-state index contributed by atoms with van der Waals surface area (Å²) in [7, 11) is 0. The van der Waals surface area contributed by atoms with Gasteiger partial charge in [-0.15, -0.1) is 0 Å². The smallest absolute Gasteiger partial charge is 0.335 e. The molecular weight excluding hydrogens is 330 g/mol. The molecule has 1 atom stereocenters. The lowest BCUT2D eigenvalue weighted by Gasteiger charge is -2.16. The summed E-state index contributed by atoms with van der Waals surface area (Å²) >= 11 is 0. The van der Waals surface area contributed by atoms with Gasteiger partial charge in [-0.3, -0.25) is 0 Å². The van der Waals surface area contributed by atoms with Crippen LogP contribution in [0.4, 0.5) is 0 Å². The zero-order valence-corrected chi connectivity index (χ0v) is 15.0. The van der Waals surface area contributed by atoms with Crippen molar-refractivity contribution >= 4 is 5.97 Å². The van der Waals surface area contributed by atoms with Crippen LogP contribution in [0.1, 0.15) is 39.9 Å². The predicted molar refractivity (Wildman–Crippen MR) is 99.6 cm³/mol. The van der Waals surface area contributed by atoms with E-state index in [1.807, 2.05) is 13.0 Å². The van der Waals surface area contributed by atoms with Crippen molar-refractivity contribution < 1.29 is 19.4 Å². The zero-order chi connectivity index (χ0) is 18.4. The largest absolute Gasteiger partial charge is 0.491 e. The van der Waals surface area contributed by atoms with Crippen molar-refractivity contribution in [3.63, 3.8) is 0 Å². The molecule has 1 heterocycles. The van der Waals surface area contributed by atoms with E-state index in [2.05, 4.69) is 23.5 Å². The summed E-state index contributed by atoms with van der Waals surface area (Å²) in [5, 5.41) is 12.4. The molecule has 0 radical (unpaired) electrons. The molecule has 3 rings (SSSR count). The number of carbonyl (C=O) groups is 1. The molecular formula is C21H25NO4. The second kappa shape index (κ2) is 8.83. The van der Waals surface area contributed by atoms with Gasteiger partial charge in [0.05, 0.1) is 11.7 Å². The Morgan fingerprint density at radius 3 is 2.92 bits per heavy atom. The maximum atomic E-state index is 11.1. The van der Waals surface area contributed by atoms with E-state index in [0.717, 1.165) is 41.9 Å². The Bertz CT molecular complexity index is 753. The number of hydrogen-bond donors (Lipinski definition) is 2. The minimum Gasteiger partial charge on any atom is -0.491 e. The van der Waals surface area contributed by atoms with Crippen molar-refractivity contribution in [1.82, 2.24) is 5.32 Å². The summed E-state index contributed by atoms with van der Waals surface area (Å²) in [4.78, 5) is 11.1. The number of aryl methyl sites for hydroxylation is 1. The summed E-state index contributed by atoms with van der Waals surface area (Å²) in [6.07, 6.45) is 2.35.